The van der Waals surface area contributed by atoms with E-state index in [1.165, 1.54) is 0 Å². The van der Waals surface area contributed by atoms with Crippen molar-refractivity contribution in [2.45, 2.75) is 12.5 Å². The molecule has 27 heavy (non-hydrogen) atoms. The largest absolute Gasteiger partial charge is 0.485 e. The summed E-state index contributed by atoms with van der Waals surface area (Å²) in [6.07, 6.45) is -0.0820. The smallest absolute Gasteiger partial charge is 0.269 e. The lowest BCUT2D eigenvalue weighted by molar-refractivity contribution is -0.125. The minimum atomic E-state index is -0.794. The van der Waals surface area contributed by atoms with Crippen molar-refractivity contribution >= 4 is 17.5 Å². The van der Waals surface area contributed by atoms with Crippen molar-refractivity contribution in [3.63, 3.8) is 0 Å². The number of nitrogens with one attached hydrogen (secondary N) is 2. The minimum absolute atomic E-state index is 0.105. The Morgan fingerprint density at radius 2 is 1.85 bits per heavy atom. The van der Waals surface area contributed by atoms with Crippen LogP contribution in [0.15, 0.2) is 48.5 Å². The van der Waals surface area contributed by atoms with Gasteiger partial charge in [-0.25, -0.2) is 0 Å². The van der Waals surface area contributed by atoms with Crippen LogP contribution in [-0.2, 0) is 9.53 Å². The summed E-state index contributed by atoms with van der Waals surface area (Å²) in [5.41, 5.74) is 0.814. The average Bonchev–Trinajstić information content (AvgIpc) is 2.71. The summed E-state index contributed by atoms with van der Waals surface area (Å²) in [5, 5.41) is 5.58. The van der Waals surface area contributed by atoms with Gasteiger partial charge in [0, 0.05) is 20.3 Å². The number of ether oxygens (including phenoxy) is 3. The van der Waals surface area contributed by atoms with Crippen molar-refractivity contribution in [1.82, 2.24) is 5.32 Å². The molecule has 142 valence electrons. The third kappa shape index (κ3) is 4.77. The van der Waals surface area contributed by atoms with Gasteiger partial charge >= 0.3 is 0 Å². The van der Waals surface area contributed by atoms with E-state index >= 15 is 0 Å². The molecule has 0 aliphatic carbocycles. The van der Waals surface area contributed by atoms with Gasteiger partial charge in [0.25, 0.3) is 11.8 Å². The average molecular weight is 370 g/mol. The van der Waals surface area contributed by atoms with Crippen LogP contribution in [0.4, 0.5) is 5.69 Å². The second kappa shape index (κ2) is 9.05. The van der Waals surface area contributed by atoms with Crippen molar-refractivity contribution in [3.8, 4) is 11.5 Å². The molecule has 0 radical (unpaired) electrons. The zero-order valence-corrected chi connectivity index (χ0v) is 15.1. The van der Waals surface area contributed by atoms with Gasteiger partial charge in [-0.2, -0.15) is 0 Å². The Bertz CT molecular complexity index is 808. The van der Waals surface area contributed by atoms with E-state index < -0.39 is 6.10 Å². The Morgan fingerprint density at radius 1 is 1.11 bits per heavy atom. The standard InChI is InChI=1S/C20H22N2O5/c1-25-12-6-11-21-19(23)14-7-2-3-8-15(14)22-20(24)18-13-26-16-9-4-5-10-17(16)27-18/h2-5,7-10,18H,6,11-13H2,1H3,(H,21,23)(H,22,24)/t18-/m1/s1. The minimum Gasteiger partial charge on any atom is -0.485 e. The normalized spacial score (nSPS) is 15.1. The van der Waals surface area contributed by atoms with Crippen molar-refractivity contribution in [3.05, 3.63) is 54.1 Å². The topological polar surface area (TPSA) is 85.9 Å². The van der Waals surface area contributed by atoms with Gasteiger partial charge in [0.15, 0.2) is 11.5 Å². The first kappa shape index (κ1) is 18.7. The zero-order chi connectivity index (χ0) is 19.1. The van der Waals surface area contributed by atoms with Crippen LogP contribution < -0.4 is 20.1 Å². The van der Waals surface area contributed by atoms with Crippen molar-refractivity contribution in [1.29, 1.82) is 0 Å². The number of carbonyl (C=O) groups excluding carboxylic acids is 2. The van der Waals surface area contributed by atoms with E-state index in [1.807, 2.05) is 12.1 Å². The highest BCUT2D eigenvalue weighted by molar-refractivity contribution is 6.04. The molecule has 2 aromatic carbocycles. The van der Waals surface area contributed by atoms with Gasteiger partial charge in [0.05, 0.1) is 11.3 Å². The molecule has 0 fully saturated rings. The molecule has 1 atom stereocenters. The molecular formula is C20H22N2O5. The fraction of sp³-hybridized carbons (Fsp3) is 0.300. The Labute approximate surface area is 157 Å². The van der Waals surface area contributed by atoms with E-state index in [0.717, 1.165) is 0 Å². The molecule has 1 heterocycles. The van der Waals surface area contributed by atoms with Gasteiger partial charge in [0.1, 0.15) is 6.61 Å². The van der Waals surface area contributed by atoms with E-state index in [2.05, 4.69) is 10.6 Å². The highest BCUT2D eigenvalue weighted by atomic mass is 16.6. The molecule has 3 rings (SSSR count). The summed E-state index contributed by atoms with van der Waals surface area (Å²) in [6.45, 7) is 1.17. The van der Waals surface area contributed by atoms with Gasteiger partial charge in [-0.15, -0.1) is 0 Å². The Hall–Kier alpha value is -3.06. The molecule has 2 amide bonds. The van der Waals surface area contributed by atoms with Crippen LogP contribution in [0.2, 0.25) is 0 Å². The van der Waals surface area contributed by atoms with Gasteiger partial charge < -0.3 is 24.8 Å². The quantitative estimate of drug-likeness (QED) is 0.730. The summed E-state index contributed by atoms with van der Waals surface area (Å²) in [7, 11) is 1.61. The molecule has 7 heteroatoms. The second-order valence-corrected chi connectivity index (χ2v) is 6.00. The first-order valence-corrected chi connectivity index (χ1v) is 8.74. The second-order valence-electron chi connectivity index (χ2n) is 6.00. The molecular weight excluding hydrogens is 348 g/mol. The SMILES string of the molecule is COCCCNC(=O)c1ccccc1NC(=O)[C@H]1COc2ccccc2O1. The van der Waals surface area contributed by atoms with Gasteiger partial charge in [-0.05, 0) is 30.7 Å². The number of fused-ring (bicyclic) bond motifs is 1. The maximum Gasteiger partial charge on any atom is 0.269 e. The molecule has 0 saturated heterocycles. The zero-order valence-electron chi connectivity index (χ0n) is 15.1. The fourth-order valence-electron chi connectivity index (χ4n) is 2.67. The summed E-state index contributed by atoms with van der Waals surface area (Å²) in [4.78, 5) is 25.0. The molecule has 2 aromatic rings. The lowest BCUT2D eigenvalue weighted by Crippen LogP contribution is -2.40. The third-order valence-corrected chi connectivity index (χ3v) is 4.04. The van der Waals surface area contributed by atoms with Crippen molar-refractivity contribution < 1.29 is 23.8 Å². The molecule has 7 nitrogen and oxygen atoms in total. The number of hydrogen-bond donors (Lipinski definition) is 2. The molecule has 0 spiro atoms. The van der Waals surface area contributed by atoms with E-state index in [-0.39, 0.29) is 18.4 Å². The number of rotatable bonds is 7. The van der Waals surface area contributed by atoms with Gasteiger partial charge in [0.2, 0.25) is 6.10 Å². The number of hydrogen-bond acceptors (Lipinski definition) is 5. The highest BCUT2D eigenvalue weighted by Gasteiger charge is 2.28. The first-order chi connectivity index (χ1) is 13.2. The lowest BCUT2D eigenvalue weighted by atomic mass is 10.1. The Balaban J connectivity index is 1.64. The maximum atomic E-state index is 12.6. The number of methoxy groups -OCH3 is 1. The number of carbonyl (C=O) groups is 2. The molecule has 0 aromatic heterocycles. The van der Waals surface area contributed by atoms with E-state index in [4.69, 9.17) is 14.2 Å². The van der Waals surface area contributed by atoms with E-state index in [0.29, 0.717) is 42.3 Å². The predicted molar refractivity (Wildman–Crippen MR) is 100 cm³/mol. The van der Waals surface area contributed by atoms with Crippen molar-refractivity contribution in [2.24, 2.45) is 0 Å². The van der Waals surface area contributed by atoms with E-state index in [1.54, 1.807) is 43.5 Å². The Morgan fingerprint density at radius 3 is 2.67 bits per heavy atom. The number of anilines is 1. The third-order valence-electron chi connectivity index (χ3n) is 4.04. The monoisotopic (exact) mass is 370 g/mol. The first-order valence-electron chi connectivity index (χ1n) is 8.74. The molecule has 0 bridgehead atoms. The van der Waals surface area contributed by atoms with Gasteiger partial charge in [-0.3, -0.25) is 9.59 Å². The number of para-hydroxylation sites is 3. The fourth-order valence-corrected chi connectivity index (χ4v) is 2.67. The van der Waals surface area contributed by atoms with Crippen molar-refractivity contribution in [2.75, 3.05) is 32.2 Å². The van der Waals surface area contributed by atoms with Crippen LogP contribution in [0.5, 0.6) is 11.5 Å². The van der Waals surface area contributed by atoms with Crippen LogP contribution in [0, 0.1) is 0 Å². The van der Waals surface area contributed by atoms with Crippen LogP contribution in [0.3, 0.4) is 0 Å². The predicted octanol–water partition coefficient (Wildman–Crippen LogP) is 2.23. The molecule has 0 saturated carbocycles. The van der Waals surface area contributed by atoms with Crippen LogP contribution >= 0.6 is 0 Å². The molecule has 2 N–H and O–H groups in total. The summed E-state index contributed by atoms with van der Waals surface area (Å²) >= 11 is 0. The summed E-state index contributed by atoms with van der Waals surface area (Å²) in [6, 6.07) is 14.0. The summed E-state index contributed by atoms with van der Waals surface area (Å²) < 4.78 is 16.2. The number of amides is 2. The maximum absolute atomic E-state index is 12.6. The summed E-state index contributed by atoms with van der Waals surface area (Å²) in [5.74, 6) is 0.503. The molecule has 1 aliphatic rings. The number of benzene rings is 2. The van der Waals surface area contributed by atoms with Gasteiger partial charge in [-0.1, -0.05) is 24.3 Å². The molecule has 0 unspecified atom stereocenters. The highest BCUT2D eigenvalue weighted by Crippen LogP contribution is 2.31. The lowest BCUT2D eigenvalue weighted by Gasteiger charge is -2.25. The Kier molecular flexibility index (Phi) is 6.27. The van der Waals surface area contributed by atoms with E-state index in [9.17, 15) is 9.59 Å². The van der Waals surface area contributed by atoms with Crippen LogP contribution in [-0.4, -0.2) is 44.8 Å². The molecule has 1 aliphatic heterocycles. The van der Waals surface area contributed by atoms with Crippen LogP contribution in [0.25, 0.3) is 0 Å². The van der Waals surface area contributed by atoms with Crippen LogP contribution in [0.1, 0.15) is 16.8 Å².